The summed E-state index contributed by atoms with van der Waals surface area (Å²) in [7, 11) is 8.24. The van der Waals surface area contributed by atoms with Gasteiger partial charge in [0.25, 0.3) is 6.47 Å². The van der Waals surface area contributed by atoms with Crippen molar-refractivity contribution in [1.29, 1.82) is 0 Å². The molecule has 0 fully saturated rings. The number of rotatable bonds is 11. The molecule has 0 N–H and O–H groups in total. The predicted octanol–water partition coefficient (Wildman–Crippen LogP) is 4.29. The lowest BCUT2D eigenvalue weighted by molar-refractivity contribution is -0.120. The fraction of sp³-hybridized carbons (Fsp3) is 0.167. The van der Waals surface area contributed by atoms with Crippen LogP contribution in [0.15, 0.2) is 54.6 Å². The van der Waals surface area contributed by atoms with Gasteiger partial charge in [-0.3, -0.25) is 4.79 Å². The quantitative estimate of drug-likeness (QED) is 0.295. The van der Waals surface area contributed by atoms with E-state index in [-0.39, 0.29) is 47.5 Å². The third-order valence-corrected chi connectivity index (χ3v) is 5.01. The van der Waals surface area contributed by atoms with E-state index in [0.717, 1.165) is 11.1 Å². The summed E-state index contributed by atoms with van der Waals surface area (Å²) in [6.07, 6.45) is 0. The smallest absolute Gasteiger partial charge is 0.378 e. The standard InChI is InChI=1S/C24H20BClO8/c1-29-17-7-3-15(4-8-17)12-31-20-11-19(26)22(33-14-27)21(24(28)34-25)23(20)32-13-16-5-9-18(30-2)10-6-16/h3-11,14H,12-13H2,1-2H3. The van der Waals surface area contributed by atoms with Crippen LogP contribution in [-0.4, -0.2) is 34.7 Å². The molecule has 10 heteroatoms. The summed E-state index contributed by atoms with van der Waals surface area (Å²) in [5.41, 5.74) is 1.29. The van der Waals surface area contributed by atoms with E-state index in [1.54, 1.807) is 50.6 Å². The van der Waals surface area contributed by atoms with Gasteiger partial charge in [-0.1, -0.05) is 35.9 Å². The third-order valence-electron chi connectivity index (χ3n) is 4.73. The Balaban J connectivity index is 1.97. The van der Waals surface area contributed by atoms with Crippen LogP contribution in [0.25, 0.3) is 0 Å². The van der Waals surface area contributed by atoms with Crippen LogP contribution in [0.4, 0.5) is 0 Å². The Morgan fingerprint density at radius 3 is 1.88 bits per heavy atom. The summed E-state index contributed by atoms with van der Waals surface area (Å²) in [4.78, 5) is 23.5. The van der Waals surface area contributed by atoms with Gasteiger partial charge >= 0.3 is 14.0 Å². The second-order valence-electron chi connectivity index (χ2n) is 6.78. The van der Waals surface area contributed by atoms with Crippen molar-refractivity contribution in [2.24, 2.45) is 0 Å². The van der Waals surface area contributed by atoms with Crippen LogP contribution in [0.2, 0.25) is 5.02 Å². The Labute approximate surface area is 202 Å². The molecular formula is C24H20BClO8. The van der Waals surface area contributed by atoms with Crippen LogP contribution in [0.5, 0.6) is 28.7 Å². The van der Waals surface area contributed by atoms with Crippen molar-refractivity contribution in [2.75, 3.05) is 14.2 Å². The van der Waals surface area contributed by atoms with Gasteiger partial charge in [0.2, 0.25) is 0 Å². The van der Waals surface area contributed by atoms with Crippen LogP contribution >= 0.6 is 11.6 Å². The average molecular weight is 483 g/mol. The second-order valence-corrected chi connectivity index (χ2v) is 7.19. The third kappa shape index (κ3) is 5.93. The highest BCUT2D eigenvalue weighted by molar-refractivity contribution is 6.33. The molecule has 3 aromatic carbocycles. The normalized spacial score (nSPS) is 10.2. The first-order chi connectivity index (χ1) is 16.5. The second kappa shape index (κ2) is 11.9. The number of carbonyl (C=O) groups excluding carboxylic acids is 2. The summed E-state index contributed by atoms with van der Waals surface area (Å²) in [6.45, 7) is 0.278. The molecule has 0 unspecified atom stereocenters. The Bertz CT molecular complexity index is 1130. The lowest BCUT2D eigenvalue weighted by Crippen LogP contribution is -2.11. The zero-order valence-corrected chi connectivity index (χ0v) is 19.2. The van der Waals surface area contributed by atoms with Crippen molar-refractivity contribution in [3.63, 3.8) is 0 Å². The minimum Gasteiger partial charge on any atom is -0.540 e. The topological polar surface area (TPSA) is 89.5 Å². The maximum Gasteiger partial charge on any atom is 0.378 e. The van der Waals surface area contributed by atoms with Crippen molar-refractivity contribution in [3.8, 4) is 28.7 Å². The average Bonchev–Trinajstić information content (AvgIpc) is 2.88. The Kier molecular flexibility index (Phi) is 8.64. The Morgan fingerprint density at radius 1 is 0.882 bits per heavy atom. The number of benzene rings is 3. The highest BCUT2D eigenvalue weighted by Gasteiger charge is 2.27. The van der Waals surface area contributed by atoms with Gasteiger partial charge in [-0.2, -0.15) is 0 Å². The highest BCUT2D eigenvalue weighted by atomic mass is 35.5. The van der Waals surface area contributed by atoms with Crippen LogP contribution in [0.3, 0.4) is 0 Å². The molecule has 174 valence electrons. The number of halogens is 1. The van der Waals surface area contributed by atoms with E-state index >= 15 is 0 Å². The number of hydrogen-bond acceptors (Lipinski definition) is 8. The van der Waals surface area contributed by atoms with Gasteiger partial charge in [0.05, 0.1) is 19.2 Å². The van der Waals surface area contributed by atoms with E-state index in [1.165, 1.54) is 6.07 Å². The maximum absolute atomic E-state index is 12.5. The minimum atomic E-state index is -1.03. The van der Waals surface area contributed by atoms with Gasteiger partial charge in [0.1, 0.15) is 30.3 Å². The molecule has 0 saturated heterocycles. The molecule has 0 aliphatic heterocycles. The molecule has 0 amide bonds. The van der Waals surface area contributed by atoms with E-state index in [4.69, 9.17) is 43.3 Å². The van der Waals surface area contributed by atoms with Gasteiger partial charge in [0.15, 0.2) is 17.2 Å². The van der Waals surface area contributed by atoms with E-state index in [2.05, 4.69) is 4.65 Å². The molecule has 0 aromatic heterocycles. The van der Waals surface area contributed by atoms with Crippen LogP contribution in [-0.2, 0) is 22.7 Å². The number of ether oxygens (including phenoxy) is 5. The van der Waals surface area contributed by atoms with Crippen molar-refractivity contribution in [1.82, 2.24) is 0 Å². The Morgan fingerprint density at radius 2 is 1.41 bits per heavy atom. The van der Waals surface area contributed by atoms with Crippen LogP contribution in [0.1, 0.15) is 21.5 Å². The maximum atomic E-state index is 12.5. The van der Waals surface area contributed by atoms with E-state index in [0.29, 0.717) is 11.5 Å². The SMILES string of the molecule is [B]OC(=O)c1c(OC=O)c(Cl)cc(OCc2ccc(OC)cc2)c1OCc1ccc(OC)cc1. The predicted molar refractivity (Wildman–Crippen MR) is 124 cm³/mol. The van der Waals surface area contributed by atoms with Gasteiger partial charge < -0.3 is 28.3 Å². The first-order valence-corrected chi connectivity index (χ1v) is 10.3. The summed E-state index contributed by atoms with van der Waals surface area (Å²) in [5.74, 6) is 0.132. The largest absolute Gasteiger partial charge is 0.540 e. The first-order valence-electron chi connectivity index (χ1n) is 9.90. The number of hydrogen-bond donors (Lipinski definition) is 0. The molecular weight excluding hydrogens is 463 g/mol. The van der Waals surface area contributed by atoms with Crippen molar-refractivity contribution < 1.29 is 37.9 Å². The molecule has 0 saturated carbocycles. The summed E-state index contributed by atoms with van der Waals surface area (Å²) >= 11 is 6.26. The van der Waals surface area contributed by atoms with E-state index in [9.17, 15) is 9.59 Å². The van der Waals surface area contributed by atoms with Crippen LogP contribution < -0.4 is 23.7 Å². The van der Waals surface area contributed by atoms with Gasteiger partial charge in [0, 0.05) is 6.07 Å². The summed E-state index contributed by atoms with van der Waals surface area (Å²) in [6, 6.07) is 15.7. The first kappa shape index (κ1) is 24.8. The summed E-state index contributed by atoms with van der Waals surface area (Å²) in [5, 5.41) is -0.0750. The van der Waals surface area contributed by atoms with E-state index in [1.807, 2.05) is 12.1 Å². The molecule has 0 heterocycles. The lowest BCUT2D eigenvalue weighted by atomic mass is 10.1. The molecule has 0 aliphatic carbocycles. The molecule has 8 nitrogen and oxygen atoms in total. The fourth-order valence-corrected chi connectivity index (χ4v) is 3.25. The van der Waals surface area contributed by atoms with Gasteiger partial charge in [-0.25, -0.2) is 4.79 Å². The molecule has 0 bridgehead atoms. The summed E-state index contributed by atoms with van der Waals surface area (Å²) < 4.78 is 31.4. The molecule has 3 aromatic rings. The van der Waals surface area contributed by atoms with Gasteiger partial charge in [-0.05, 0) is 35.4 Å². The number of carbonyl (C=O) groups is 2. The van der Waals surface area contributed by atoms with Crippen LogP contribution in [0, 0.1) is 0 Å². The lowest BCUT2D eigenvalue weighted by Gasteiger charge is -2.19. The monoisotopic (exact) mass is 482 g/mol. The molecule has 0 aliphatic rings. The van der Waals surface area contributed by atoms with Crippen molar-refractivity contribution in [2.45, 2.75) is 13.2 Å². The molecule has 3 rings (SSSR count). The molecule has 0 atom stereocenters. The highest BCUT2D eigenvalue weighted by Crippen LogP contribution is 2.44. The fourth-order valence-electron chi connectivity index (χ4n) is 3.01. The minimum absolute atomic E-state index is 0.0376. The Hall–Kier alpha value is -3.85. The number of methoxy groups -OCH3 is 2. The van der Waals surface area contributed by atoms with Crippen molar-refractivity contribution in [3.05, 3.63) is 76.3 Å². The van der Waals surface area contributed by atoms with Gasteiger partial charge in [-0.15, -0.1) is 0 Å². The molecule has 2 radical (unpaired) electrons. The zero-order chi connectivity index (χ0) is 24.5. The molecule has 34 heavy (non-hydrogen) atoms. The van der Waals surface area contributed by atoms with Crippen molar-refractivity contribution >= 4 is 32.1 Å². The molecule has 0 spiro atoms. The van der Waals surface area contributed by atoms with E-state index < -0.39 is 5.97 Å². The zero-order valence-electron chi connectivity index (χ0n) is 18.4.